The van der Waals surface area contributed by atoms with Gasteiger partial charge in [0.2, 0.25) is 0 Å². The highest BCUT2D eigenvalue weighted by Crippen LogP contribution is 2.43. The summed E-state index contributed by atoms with van der Waals surface area (Å²) in [6, 6.07) is 0. The minimum atomic E-state index is 0.00291. The van der Waals surface area contributed by atoms with E-state index in [-0.39, 0.29) is 5.91 Å². The van der Waals surface area contributed by atoms with Gasteiger partial charge in [0.1, 0.15) is 17.0 Å². The second kappa shape index (κ2) is 7.35. The lowest BCUT2D eigenvalue weighted by atomic mass is 9.93. The number of unbranched alkanes of at least 4 members (excludes halogenated alkanes) is 1. The summed E-state index contributed by atoms with van der Waals surface area (Å²) in [5, 5.41) is 7.56. The maximum absolute atomic E-state index is 12.5. The fourth-order valence-electron chi connectivity index (χ4n) is 4.24. The van der Waals surface area contributed by atoms with Gasteiger partial charge in [-0.15, -0.1) is 11.3 Å². The van der Waals surface area contributed by atoms with E-state index in [4.69, 9.17) is 0 Å². The normalized spacial score (nSPS) is 23.7. The Hall–Kier alpha value is -1.95. The molecule has 2 aliphatic rings. The van der Waals surface area contributed by atoms with Crippen LogP contribution in [0.15, 0.2) is 18.5 Å². The predicted molar refractivity (Wildman–Crippen MR) is 107 cm³/mol. The van der Waals surface area contributed by atoms with Gasteiger partial charge in [-0.3, -0.25) is 4.79 Å². The fraction of sp³-hybridized carbons (Fsp3) is 0.550. The first-order chi connectivity index (χ1) is 12.7. The number of thiophene rings is 1. The second-order valence-electron chi connectivity index (χ2n) is 7.49. The van der Waals surface area contributed by atoms with Gasteiger partial charge in [0, 0.05) is 13.1 Å². The number of anilines is 1. The van der Waals surface area contributed by atoms with Gasteiger partial charge in [0.25, 0.3) is 5.91 Å². The van der Waals surface area contributed by atoms with Gasteiger partial charge in [-0.05, 0) is 49.5 Å². The molecule has 1 saturated carbocycles. The van der Waals surface area contributed by atoms with Crippen molar-refractivity contribution in [2.24, 2.45) is 17.8 Å². The monoisotopic (exact) mass is 370 g/mol. The molecule has 0 aliphatic heterocycles. The molecule has 2 aromatic rings. The van der Waals surface area contributed by atoms with Crippen molar-refractivity contribution >= 4 is 33.3 Å². The fourth-order valence-corrected chi connectivity index (χ4v) is 5.30. The molecule has 4 rings (SSSR count). The Balaban J connectivity index is 1.52. The third-order valence-electron chi connectivity index (χ3n) is 5.70. The molecule has 1 fully saturated rings. The Kier molecular flexibility index (Phi) is 4.94. The minimum absolute atomic E-state index is 0.00291. The van der Waals surface area contributed by atoms with Crippen LogP contribution in [-0.4, -0.2) is 29.0 Å². The summed E-state index contributed by atoms with van der Waals surface area (Å²) in [5.41, 5.74) is 0.981. The van der Waals surface area contributed by atoms with Crippen molar-refractivity contribution in [2.45, 2.75) is 39.5 Å². The van der Waals surface area contributed by atoms with E-state index in [1.165, 1.54) is 24.2 Å². The van der Waals surface area contributed by atoms with Crippen LogP contribution in [-0.2, 0) is 0 Å². The average Bonchev–Trinajstić information content (AvgIpc) is 3.35. The van der Waals surface area contributed by atoms with E-state index in [2.05, 4.69) is 39.7 Å². The first-order valence-corrected chi connectivity index (χ1v) is 10.4. The van der Waals surface area contributed by atoms with Gasteiger partial charge in [0.05, 0.1) is 10.3 Å². The summed E-state index contributed by atoms with van der Waals surface area (Å²) < 4.78 is 0. The molecule has 0 radical (unpaired) electrons. The zero-order valence-electron chi connectivity index (χ0n) is 15.4. The Bertz CT molecular complexity index is 844. The molecule has 0 aromatic carbocycles. The average molecular weight is 371 g/mol. The zero-order valence-corrected chi connectivity index (χ0v) is 16.2. The van der Waals surface area contributed by atoms with Crippen LogP contribution in [0.4, 0.5) is 5.82 Å². The van der Waals surface area contributed by atoms with Crippen molar-refractivity contribution in [1.82, 2.24) is 15.3 Å². The molecule has 2 bridgehead atoms. The van der Waals surface area contributed by atoms with Crippen LogP contribution >= 0.6 is 11.3 Å². The van der Waals surface area contributed by atoms with Crippen molar-refractivity contribution in [3.8, 4) is 0 Å². The maximum atomic E-state index is 12.5. The molecule has 3 atom stereocenters. The predicted octanol–water partition coefficient (Wildman–Crippen LogP) is 4.15. The quantitative estimate of drug-likeness (QED) is 0.567. The van der Waals surface area contributed by atoms with Crippen molar-refractivity contribution in [2.75, 3.05) is 18.4 Å². The molecule has 2 N–H and O–H groups in total. The number of fused-ring (bicyclic) bond motifs is 3. The smallest absolute Gasteiger partial charge is 0.261 e. The van der Waals surface area contributed by atoms with Gasteiger partial charge in [-0.1, -0.05) is 25.5 Å². The summed E-state index contributed by atoms with van der Waals surface area (Å²) in [6.45, 7) is 5.78. The number of aryl methyl sites for hydroxylation is 1. The number of nitrogens with one attached hydrogen (secondary N) is 2. The molecule has 2 heterocycles. The highest BCUT2D eigenvalue weighted by molar-refractivity contribution is 7.20. The molecule has 5 nitrogen and oxygen atoms in total. The van der Waals surface area contributed by atoms with E-state index in [0.717, 1.165) is 58.3 Å². The Morgan fingerprint density at radius 1 is 1.31 bits per heavy atom. The molecule has 0 spiro atoms. The largest absolute Gasteiger partial charge is 0.369 e. The van der Waals surface area contributed by atoms with Crippen LogP contribution in [0.25, 0.3) is 10.2 Å². The summed E-state index contributed by atoms with van der Waals surface area (Å²) in [7, 11) is 0. The Morgan fingerprint density at radius 3 is 2.92 bits per heavy atom. The first kappa shape index (κ1) is 17.5. The van der Waals surface area contributed by atoms with Gasteiger partial charge < -0.3 is 10.6 Å². The molecule has 26 heavy (non-hydrogen) atoms. The molecule has 138 valence electrons. The number of hydrogen-bond acceptors (Lipinski definition) is 5. The van der Waals surface area contributed by atoms with Crippen molar-refractivity contribution in [1.29, 1.82) is 0 Å². The SMILES string of the molecule is CCCCNC(=O)c1sc2ncnc(NC[C@H]3C[C@@H]4C=C[C@H]3C4)c2c1C. The molecule has 0 unspecified atom stereocenters. The van der Waals surface area contributed by atoms with Crippen molar-refractivity contribution in [3.63, 3.8) is 0 Å². The molecule has 2 aliphatic carbocycles. The van der Waals surface area contributed by atoms with E-state index in [1.54, 1.807) is 6.33 Å². The van der Waals surface area contributed by atoms with Crippen LogP contribution in [0.1, 0.15) is 47.8 Å². The number of allylic oxidation sites excluding steroid dienone is 2. The van der Waals surface area contributed by atoms with Crippen LogP contribution in [0.2, 0.25) is 0 Å². The number of carbonyl (C=O) groups is 1. The number of carbonyl (C=O) groups excluding carboxylic acids is 1. The lowest BCUT2D eigenvalue weighted by molar-refractivity contribution is 0.0957. The van der Waals surface area contributed by atoms with E-state index < -0.39 is 0 Å². The van der Waals surface area contributed by atoms with Crippen LogP contribution in [0.3, 0.4) is 0 Å². The molecule has 6 heteroatoms. The maximum Gasteiger partial charge on any atom is 0.261 e. The standard InChI is InChI=1S/C20H26N4OS/c1-3-4-7-21-19(25)17-12(2)16-18(23-11-24-20(16)26-17)22-10-15-9-13-5-6-14(15)8-13/h5-6,11,13-15H,3-4,7-10H2,1-2H3,(H,21,25)(H,22,23,24)/t13-,14+,15-/m1/s1. The lowest BCUT2D eigenvalue weighted by Crippen LogP contribution is -2.24. The van der Waals surface area contributed by atoms with Gasteiger partial charge in [-0.2, -0.15) is 0 Å². The minimum Gasteiger partial charge on any atom is -0.369 e. The molecular formula is C20H26N4OS. The highest BCUT2D eigenvalue weighted by atomic mass is 32.1. The van der Waals surface area contributed by atoms with Gasteiger partial charge in [-0.25, -0.2) is 9.97 Å². The number of nitrogens with zero attached hydrogens (tertiary/aromatic N) is 2. The summed E-state index contributed by atoms with van der Waals surface area (Å²) in [5.74, 6) is 3.05. The lowest BCUT2D eigenvalue weighted by Gasteiger charge is -2.19. The van der Waals surface area contributed by atoms with Crippen LogP contribution in [0.5, 0.6) is 0 Å². The van der Waals surface area contributed by atoms with Gasteiger partial charge in [0.15, 0.2) is 0 Å². The third-order valence-corrected chi connectivity index (χ3v) is 6.90. The summed E-state index contributed by atoms with van der Waals surface area (Å²) in [6.07, 6.45) is 11.0. The molecule has 0 saturated heterocycles. The van der Waals surface area contributed by atoms with Crippen molar-refractivity contribution < 1.29 is 4.79 Å². The topological polar surface area (TPSA) is 66.9 Å². The molecule has 2 aromatic heterocycles. The number of rotatable bonds is 7. The van der Waals surface area contributed by atoms with E-state index in [0.29, 0.717) is 11.8 Å². The number of hydrogen-bond donors (Lipinski definition) is 2. The van der Waals surface area contributed by atoms with E-state index >= 15 is 0 Å². The van der Waals surface area contributed by atoms with Crippen LogP contribution < -0.4 is 10.6 Å². The second-order valence-corrected chi connectivity index (χ2v) is 8.49. The summed E-state index contributed by atoms with van der Waals surface area (Å²) >= 11 is 1.46. The Morgan fingerprint density at radius 2 is 2.19 bits per heavy atom. The number of amides is 1. The molecule has 1 amide bonds. The summed E-state index contributed by atoms with van der Waals surface area (Å²) in [4.78, 5) is 23.0. The Labute approximate surface area is 158 Å². The third kappa shape index (κ3) is 3.22. The van der Waals surface area contributed by atoms with Crippen LogP contribution in [0, 0.1) is 24.7 Å². The first-order valence-electron chi connectivity index (χ1n) is 9.61. The van der Waals surface area contributed by atoms with Gasteiger partial charge >= 0.3 is 0 Å². The van der Waals surface area contributed by atoms with E-state index in [9.17, 15) is 4.79 Å². The molecular weight excluding hydrogens is 344 g/mol. The van der Waals surface area contributed by atoms with E-state index in [1.807, 2.05) is 6.92 Å². The van der Waals surface area contributed by atoms with Crippen molar-refractivity contribution in [3.05, 3.63) is 28.9 Å². The highest BCUT2D eigenvalue weighted by Gasteiger charge is 2.35. The number of aromatic nitrogens is 2. The zero-order chi connectivity index (χ0) is 18.1.